The largest absolute Gasteiger partial charge is 0.463 e. The lowest BCUT2D eigenvalue weighted by Crippen LogP contribution is -2.13. The maximum absolute atomic E-state index is 8.19. The number of nitrogens with zero attached hydrogens (tertiary/aromatic N) is 1. The van der Waals surface area contributed by atoms with Gasteiger partial charge in [-0.15, -0.1) is 0 Å². The Morgan fingerprint density at radius 2 is 1.71 bits per heavy atom. The first-order valence-corrected chi connectivity index (χ1v) is 13.7. The van der Waals surface area contributed by atoms with E-state index >= 15 is 0 Å². The molecule has 0 bridgehead atoms. The minimum absolute atomic E-state index is 0.476. The van der Waals surface area contributed by atoms with Crippen molar-refractivity contribution in [3.05, 3.63) is 120 Å². The van der Waals surface area contributed by atoms with E-state index in [2.05, 4.69) is 53.5 Å². The molecule has 3 N–H and O–H groups in total. The average molecular weight is 525 g/mol. The molecule has 1 saturated heterocycles. The number of aromatic amines is 1. The number of likely N-dealkylation sites (tertiary alicyclic amines) is 1. The fourth-order valence-electron chi connectivity index (χ4n) is 4.78. The Morgan fingerprint density at radius 1 is 0.947 bits per heavy atom. The molecule has 1 aliphatic heterocycles. The molecule has 6 nitrogen and oxygen atoms in total. The van der Waals surface area contributed by atoms with Gasteiger partial charge in [-0.2, -0.15) is 0 Å². The Hall–Kier alpha value is -3.81. The standard InChI is InChI=1S/C19H21N3O.C12H11NOS/c1-22-7-6-14(12-22)16-11-21-18-5-4-13(9-15(16)18)10-17(20)19-3-2-8-23-19;13-12(11-7-4-8-14-11)15-9-10-5-2-1-3-6-10/h2-5,8-9,11,14,20-21H,6-7,10,12H2,1H3;1-8,13H,9H2. The molecule has 0 radical (unpaired) electrons. The molecule has 1 atom stereocenters. The number of fused-ring (bicyclic) bond motifs is 1. The van der Waals surface area contributed by atoms with Gasteiger partial charge in [0.05, 0.1) is 18.2 Å². The Kier molecular flexibility index (Phi) is 8.26. The monoisotopic (exact) mass is 524 g/mol. The van der Waals surface area contributed by atoms with E-state index < -0.39 is 0 Å². The molecule has 38 heavy (non-hydrogen) atoms. The molecule has 6 rings (SSSR count). The molecule has 0 aliphatic carbocycles. The number of benzene rings is 2. The number of H-pyrrole nitrogens is 1. The van der Waals surface area contributed by atoms with Crippen molar-refractivity contribution in [3.8, 4) is 0 Å². The highest BCUT2D eigenvalue weighted by molar-refractivity contribution is 8.13. The normalized spacial score (nSPS) is 15.3. The highest BCUT2D eigenvalue weighted by Gasteiger charge is 2.23. The number of rotatable bonds is 7. The lowest BCUT2D eigenvalue weighted by molar-refractivity contribution is 0.412. The van der Waals surface area contributed by atoms with Gasteiger partial charge in [-0.1, -0.05) is 48.2 Å². The maximum Gasteiger partial charge on any atom is 0.158 e. The van der Waals surface area contributed by atoms with Crippen molar-refractivity contribution in [2.75, 3.05) is 20.1 Å². The van der Waals surface area contributed by atoms with E-state index in [4.69, 9.17) is 19.7 Å². The van der Waals surface area contributed by atoms with Gasteiger partial charge in [0.25, 0.3) is 0 Å². The summed E-state index contributed by atoms with van der Waals surface area (Å²) in [7, 11) is 2.19. The van der Waals surface area contributed by atoms with Crippen molar-refractivity contribution in [2.24, 2.45) is 0 Å². The molecular weight excluding hydrogens is 492 g/mol. The smallest absolute Gasteiger partial charge is 0.158 e. The third kappa shape index (κ3) is 6.36. The average Bonchev–Trinajstić information content (AvgIpc) is 3.75. The van der Waals surface area contributed by atoms with Gasteiger partial charge in [0.2, 0.25) is 0 Å². The second-order valence-electron chi connectivity index (χ2n) is 9.59. The molecule has 0 amide bonds. The molecule has 5 aromatic rings. The highest BCUT2D eigenvalue weighted by atomic mass is 32.2. The lowest BCUT2D eigenvalue weighted by atomic mass is 9.96. The molecule has 1 fully saturated rings. The van der Waals surface area contributed by atoms with Crippen molar-refractivity contribution < 1.29 is 8.83 Å². The van der Waals surface area contributed by atoms with Crippen LogP contribution >= 0.6 is 11.8 Å². The van der Waals surface area contributed by atoms with E-state index in [-0.39, 0.29) is 0 Å². The van der Waals surface area contributed by atoms with Crippen LogP contribution in [0.2, 0.25) is 0 Å². The highest BCUT2D eigenvalue weighted by Crippen LogP contribution is 2.32. The molecule has 0 saturated carbocycles. The second-order valence-corrected chi connectivity index (χ2v) is 10.6. The summed E-state index contributed by atoms with van der Waals surface area (Å²) in [5.41, 5.74) is 5.50. The van der Waals surface area contributed by atoms with Crippen LogP contribution in [0.25, 0.3) is 10.9 Å². The van der Waals surface area contributed by atoms with Gasteiger partial charge in [0, 0.05) is 35.8 Å². The van der Waals surface area contributed by atoms with Crippen LogP contribution in [-0.2, 0) is 12.2 Å². The van der Waals surface area contributed by atoms with Crippen molar-refractivity contribution >= 4 is 33.4 Å². The van der Waals surface area contributed by atoms with Crippen molar-refractivity contribution in [2.45, 2.75) is 24.5 Å². The number of hydrogen-bond donors (Lipinski definition) is 3. The summed E-state index contributed by atoms with van der Waals surface area (Å²) < 4.78 is 10.5. The van der Waals surface area contributed by atoms with E-state index in [1.54, 1.807) is 24.7 Å². The third-order valence-corrected chi connectivity index (χ3v) is 7.75. The first-order valence-electron chi connectivity index (χ1n) is 12.8. The SMILES string of the molecule is CN1CCC(c2c[nH]c3ccc(CC(=N)c4ccco4)cc23)C1.N=C(SCc1ccccc1)c1ccco1. The van der Waals surface area contributed by atoms with Crippen LogP contribution in [-0.4, -0.2) is 40.8 Å². The zero-order chi connectivity index (χ0) is 26.3. The molecular formula is C31H32N4O2S. The quantitative estimate of drug-likeness (QED) is 0.153. The van der Waals surface area contributed by atoms with Gasteiger partial charge >= 0.3 is 0 Å². The minimum Gasteiger partial charge on any atom is -0.463 e. The van der Waals surface area contributed by atoms with Crippen molar-refractivity contribution in [1.82, 2.24) is 9.88 Å². The van der Waals surface area contributed by atoms with Crippen LogP contribution in [0.5, 0.6) is 0 Å². The molecule has 4 heterocycles. The number of aromatic nitrogens is 1. The van der Waals surface area contributed by atoms with Crippen LogP contribution in [0.3, 0.4) is 0 Å². The van der Waals surface area contributed by atoms with E-state index in [1.807, 2.05) is 30.3 Å². The third-order valence-electron chi connectivity index (χ3n) is 6.78. The predicted molar refractivity (Wildman–Crippen MR) is 156 cm³/mol. The number of hydrogen-bond acceptors (Lipinski definition) is 6. The lowest BCUT2D eigenvalue weighted by Gasteiger charge is -2.10. The van der Waals surface area contributed by atoms with E-state index in [1.165, 1.54) is 46.8 Å². The topological polar surface area (TPSA) is 93.0 Å². The number of likely N-dealkylation sites (N-methyl/N-ethyl adjacent to an activating group) is 1. The molecule has 1 aliphatic rings. The Morgan fingerprint density at radius 3 is 2.39 bits per heavy atom. The number of nitrogens with one attached hydrogen (secondary N) is 3. The van der Waals surface area contributed by atoms with Gasteiger partial charge in [0.15, 0.2) is 5.76 Å². The number of thioether (sulfide) groups is 1. The van der Waals surface area contributed by atoms with Crippen molar-refractivity contribution in [1.29, 1.82) is 10.8 Å². The Balaban J connectivity index is 0.000000170. The summed E-state index contributed by atoms with van der Waals surface area (Å²) in [6.45, 7) is 2.29. The second kappa shape index (κ2) is 12.2. The first-order chi connectivity index (χ1) is 18.6. The van der Waals surface area contributed by atoms with E-state index in [0.29, 0.717) is 34.6 Å². The summed E-state index contributed by atoms with van der Waals surface area (Å²) in [4.78, 5) is 5.79. The fraction of sp³-hybridized carbons (Fsp3) is 0.226. The molecule has 1 unspecified atom stereocenters. The van der Waals surface area contributed by atoms with Crippen LogP contribution in [0.1, 0.15) is 40.5 Å². The summed E-state index contributed by atoms with van der Waals surface area (Å²) in [6.07, 6.45) is 7.19. The molecule has 7 heteroatoms. The molecule has 3 aromatic heterocycles. The summed E-state index contributed by atoms with van der Waals surface area (Å²) in [6, 6.07) is 23.9. The van der Waals surface area contributed by atoms with Gasteiger partial charge < -0.3 is 24.1 Å². The van der Waals surface area contributed by atoms with Gasteiger partial charge in [-0.25, -0.2) is 0 Å². The van der Waals surface area contributed by atoms with Gasteiger partial charge in [-0.05, 0) is 79.0 Å². The Bertz CT molecular complexity index is 1470. The minimum atomic E-state index is 0.476. The first kappa shape index (κ1) is 25.8. The number of furan rings is 2. The van der Waals surface area contributed by atoms with Gasteiger partial charge in [-0.3, -0.25) is 5.41 Å². The zero-order valence-corrected chi connectivity index (χ0v) is 22.3. The summed E-state index contributed by atoms with van der Waals surface area (Å²) in [5.74, 6) is 2.70. The van der Waals surface area contributed by atoms with Crippen molar-refractivity contribution in [3.63, 3.8) is 0 Å². The van der Waals surface area contributed by atoms with E-state index in [0.717, 1.165) is 17.9 Å². The molecule has 194 valence electrons. The van der Waals surface area contributed by atoms with Crippen LogP contribution < -0.4 is 0 Å². The summed E-state index contributed by atoms with van der Waals surface area (Å²) in [5, 5.41) is 17.7. The van der Waals surface area contributed by atoms with Gasteiger partial charge in [0.1, 0.15) is 10.8 Å². The van der Waals surface area contributed by atoms with Crippen LogP contribution in [0.15, 0.2) is 100 Å². The van der Waals surface area contributed by atoms with E-state index in [9.17, 15) is 0 Å². The van der Waals surface area contributed by atoms with Crippen LogP contribution in [0.4, 0.5) is 0 Å². The molecule has 0 spiro atoms. The Labute approximate surface area is 227 Å². The predicted octanol–water partition coefficient (Wildman–Crippen LogP) is 7.33. The maximum atomic E-state index is 8.19. The molecule has 2 aromatic carbocycles. The summed E-state index contributed by atoms with van der Waals surface area (Å²) >= 11 is 1.48. The fourth-order valence-corrected chi connectivity index (χ4v) is 5.54. The zero-order valence-electron chi connectivity index (χ0n) is 21.4. The van der Waals surface area contributed by atoms with Crippen LogP contribution in [0, 0.1) is 10.8 Å².